The van der Waals surface area contributed by atoms with Crippen LogP contribution in [0.25, 0.3) is 11.0 Å². The lowest BCUT2D eigenvalue weighted by Crippen LogP contribution is -2.05. The third kappa shape index (κ3) is 4.08. The molecule has 8 heteroatoms. The molecular formula is C20H18I2O6. The Morgan fingerprint density at radius 3 is 2.43 bits per heavy atom. The second-order valence-electron chi connectivity index (χ2n) is 6.11. The summed E-state index contributed by atoms with van der Waals surface area (Å²) >= 11 is 3.97. The summed E-state index contributed by atoms with van der Waals surface area (Å²) in [5, 5.41) is 29.7. The predicted molar refractivity (Wildman–Crippen MR) is 121 cm³/mol. The van der Waals surface area contributed by atoms with Gasteiger partial charge in [-0.3, -0.25) is 4.79 Å². The van der Waals surface area contributed by atoms with Gasteiger partial charge in [-0.25, -0.2) is 0 Å². The van der Waals surface area contributed by atoms with Crippen molar-refractivity contribution in [3.63, 3.8) is 0 Å². The molecule has 0 radical (unpaired) electrons. The highest BCUT2D eigenvalue weighted by atomic mass is 127. The van der Waals surface area contributed by atoms with Gasteiger partial charge in [-0.15, -0.1) is 0 Å². The van der Waals surface area contributed by atoms with E-state index in [4.69, 9.17) is 14.3 Å². The fraction of sp³-hybridized carbons (Fsp3) is 0.250. The molecule has 0 aliphatic rings. The molecule has 0 amide bonds. The van der Waals surface area contributed by atoms with Crippen molar-refractivity contribution in [1.82, 2.24) is 0 Å². The molecule has 0 atom stereocenters. The first-order chi connectivity index (χ1) is 13.4. The van der Waals surface area contributed by atoms with Crippen LogP contribution in [-0.2, 0) is 6.42 Å². The van der Waals surface area contributed by atoms with E-state index >= 15 is 0 Å². The predicted octanol–water partition coefficient (Wildman–Crippen LogP) is 4.61. The van der Waals surface area contributed by atoms with Crippen LogP contribution in [0.2, 0.25) is 0 Å². The number of carbonyl (C=O) groups is 1. The molecule has 0 spiro atoms. The normalized spacial score (nSPS) is 11.1. The quantitative estimate of drug-likeness (QED) is 0.206. The number of hydrogen-bond acceptors (Lipinski definition) is 6. The summed E-state index contributed by atoms with van der Waals surface area (Å²) in [5.74, 6) is 0.570. The first-order valence-electron chi connectivity index (χ1n) is 8.62. The Hall–Kier alpha value is -1.53. The van der Waals surface area contributed by atoms with Gasteiger partial charge in [-0.05, 0) is 63.4 Å². The number of fused-ring (bicyclic) bond motifs is 1. The Morgan fingerprint density at radius 2 is 1.82 bits per heavy atom. The minimum absolute atomic E-state index is 0.00732. The number of phenolic OH excluding ortho intramolecular Hbond substituents is 2. The number of benzene rings is 2. The number of aliphatic hydroxyl groups is 1. The number of aliphatic hydroxyl groups excluding tert-OH is 1. The largest absolute Gasteiger partial charge is 0.506 e. The summed E-state index contributed by atoms with van der Waals surface area (Å²) in [5.41, 5.74) is 1.28. The van der Waals surface area contributed by atoms with Crippen molar-refractivity contribution >= 4 is 61.9 Å². The highest BCUT2D eigenvalue weighted by molar-refractivity contribution is 14.1. The molecule has 1 aromatic heterocycles. The van der Waals surface area contributed by atoms with Crippen molar-refractivity contribution < 1.29 is 29.3 Å². The van der Waals surface area contributed by atoms with Crippen LogP contribution in [0.4, 0.5) is 0 Å². The van der Waals surface area contributed by atoms with Crippen LogP contribution >= 0.6 is 45.2 Å². The van der Waals surface area contributed by atoms with Gasteiger partial charge in [-0.1, -0.05) is 6.92 Å². The Balaban J connectivity index is 2.09. The molecule has 0 bridgehead atoms. The zero-order valence-corrected chi connectivity index (χ0v) is 19.3. The van der Waals surface area contributed by atoms with Crippen LogP contribution in [0.5, 0.6) is 17.2 Å². The van der Waals surface area contributed by atoms with Crippen LogP contribution < -0.4 is 4.74 Å². The summed E-state index contributed by atoms with van der Waals surface area (Å²) in [6.45, 7) is 2.14. The number of aryl methyl sites for hydroxylation is 1. The smallest absolute Gasteiger partial charge is 0.197 e. The highest BCUT2D eigenvalue weighted by Gasteiger charge is 2.24. The van der Waals surface area contributed by atoms with E-state index in [1.807, 2.05) is 52.1 Å². The molecule has 3 rings (SSSR count). The number of hydrogen-bond donors (Lipinski definition) is 3. The Labute approximate surface area is 188 Å². The number of ketones is 1. The second-order valence-corrected chi connectivity index (χ2v) is 8.44. The lowest BCUT2D eigenvalue weighted by molar-refractivity contribution is 0.103. The molecule has 28 heavy (non-hydrogen) atoms. The maximum atomic E-state index is 13.2. The van der Waals surface area contributed by atoms with Gasteiger partial charge in [-0.2, -0.15) is 0 Å². The zero-order valence-electron chi connectivity index (χ0n) is 15.0. The van der Waals surface area contributed by atoms with Gasteiger partial charge in [0.05, 0.1) is 19.3 Å². The number of aromatic hydroxyl groups is 2. The third-order valence-electron chi connectivity index (χ3n) is 4.23. The topological polar surface area (TPSA) is 100 Å². The van der Waals surface area contributed by atoms with Crippen molar-refractivity contribution in [2.45, 2.75) is 19.8 Å². The summed E-state index contributed by atoms with van der Waals surface area (Å²) in [7, 11) is 0. The fourth-order valence-electron chi connectivity index (χ4n) is 2.86. The number of carbonyl (C=O) groups excluding carboxylic acids is 1. The monoisotopic (exact) mass is 608 g/mol. The van der Waals surface area contributed by atoms with Crippen molar-refractivity contribution in [2.24, 2.45) is 0 Å². The Morgan fingerprint density at radius 1 is 1.14 bits per heavy atom. The first kappa shape index (κ1) is 21.2. The maximum absolute atomic E-state index is 13.2. The van der Waals surface area contributed by atoms with Crippen LogP contribution in [0.3, 0.4) is 0 Å². The van der Waals surface area contributed by atoms with Crippen molar-refractivity contribution in [1.29, 1.82) is 0 Å². The Kier molecular flexibility index (Phi) is 6.71. The summed E-state index contributed by atoms with van der Waals surface area (Å²) < 4.78 is 12.5. The highest BCUT2D eigenvalue weighted by Crippen LogP contribution is 2.38. The lowest BCUT2D eigenvalue weighted by atomic mass is 9.99. The van der Waals surface area contributed by atoms with Gasteiger partial charge in [0.2, 0.25) is 0 Å². The van der Waals surface area contributed by atoms with Gasteiger partial charge in [0.15, 0.2) is 17.3 Å². The number of rotatable bonds is 7. The molecule has 0 saturated carbocycles. The van der Waals surface area contributed by atoms with Crippen LogP contribution in [0, 0.1) is 7.14 Å². The van der Waals surface area contributed by atoms with Gasteiger partial charge in [0.25, 0.3) is 0 Å². The average molecular weight is 608 g/mol. The maximum Gasteiger partial charge on any atom is 0.197 e. The van der Waals surface area contributed by atoms with Crippen molar-refractivity contribution in [3.8, 4) is 17.2 Å². The molecule has 0 aliphatic heterocycles. The molecule has 2 aromatic carbocycles. The van der Waals surface area contributed by atoms with Crippen molar-refractivity contribution in [3.05, 3.63) is 48.3 Å². The van der Waals surface area contributed by atoms with Gasteiger partial charge >= 0.3 is 0 Å². The molecule has 3 aromatic rings. The molecule has 3 N–H and O–H groups in total. The molecule has 0 aliphatic carbocycles. The second kappa shape index (κ2) is 8.87. The first-order valence-corrected chi connectivity index (χ1v) is 10.8. The number of phenols is 2. The molecule has 0 saturated heterocycles. The molecular weight excluding hydrogens is 590 g/mol. The van der Waals surface area contributed by atoms with E-state index in [1.165, 1.54) is 6.07 Å². The Bertz CT molecular complexity index is 1020. The average Bonchev–Trinajstić information content (AvgIpc) is 3.02. The minimum atomic E-state index is -0.236. The molecule has 0 fully saturated rings. The van der Waals surface area contributed by atoms with E-state index < -0.39 is 0 Å². The molecule has 148 valence electrons. The van der Waals surface area contributed by atoms with Crippen LogP contribution in [-0.4, -0.2) is 34.3 Å². The van der Waals surface area contributed by atoms with Crippen LogP contribution in [0.15, 0.2) is 28.7 Å². The van der Waals surface area contributed by atoms with Gasteiger partial charge in [0, 0.05) is 36.5 Å². The molecule has 6 nitrogen and oxygen atoms in total. The van der Waals surface area contributed by atoms with Crippen molar-refractivity contribution in [2.75, 3.05) is 13.2 Å². The van der Waals surface area contributed by atoms with E-state index in [0.717, 1.165) is 0 Å². The van der Waals surface area contributed by atoms with Crippen LogP contribution in [0.1, 0.15) is 35.0 Å². The summed E-state index contributed by atoms with van der Waals surface area (Å²) in [6, 6.07) is 6.29. The summed E-state index contributed by atoms with van der Waals surface area (Å²) in [6.07, 6.45) is 0.946. The molecule has 0 unspecified atom stereocenters. The fourth-order valence-corrected chi connectivity index (χ4v) is 4.63. The van der Waals surface area contributed by atoms with E-state index in [9.17, 15) is 15.0 Å². The van der Waals surface area contributed by atoms with E-state index in [1.54, 1.807) is 18.2 Å². The lowest BCUT2D eigenvalue weighted by Gasteiger charge is -2.08. The molecule has 1 heterocycles. The zero-order chi connectivity index (χ0) is 20.4. The third-order valence-corrected chi connectivity index (χ3v) is 5.87. The van der Waals surface area contributed by atoms with E-state index in [2.05, 4.69) is 0 Å². The number of ether oxygens (including phenoxy) is 1. The van der Waals surface area contributed by atoms with E-state index in [0.29, 0.717) is 47.8 Å². The van der Waals surface area contributed by atoms with E-state index in [-0.39, 0.29) is 36.2 Å². The standard InChI is InChI=1S/C20H18I2O6/c1-2-15-18(19(25)10-6-12(21)20(26)13(22)7-10)11-8-14(24)17(9-16(11)28-15)27-5-3-4-23/h6-9,23-24,26H,2-5H2,1H3. The van der Waals surface area contributed by atoms with Gasteiger partial charge in [0.1, 0.15) is 17.1 Å². The summed E-state index contributed by atoms with van der Waals surface area (Å²) in [4.78, 5) is 13.2. The SMILES string of the molecule is CCc1oc2cc(OCCCO)c(O)cc2c1C(=O)c1cc(I)c(O)c(I)c1. The van der Waals surface area contributed by atoms with Gasteiger partial charge < -0.3 is 24.5 Å². The number of halogens is 2. The number of furan rings is 1. The minimum Gasteiger partial charge on any atom is -0.506 e.